The van der Waals surface area contributed by atoms with E-state index >= 15 is 0 Å². The van der Waals surface area contributed by atoms with E-state index < -0.39 is 21.6 Å². The van der Waals surface area contributed by atoms with Crippen molar-refractivity contribution in [2.45, 2.75) is 56.5 Å². The number of carbonyl (C=O) groups is 1. The van der Waals surface area contributed by atoms with E-state index in [4.69, 9.17) is 0 Å². The van der Waals surface area contributed by atoms with Crippen LogP contribution in [0.15, 0.2) is 64.5 Å². The van der Waals surface area contributed by atoms with E-state index in [1.54, 1.807) is 18.2 Å². The third kappa shape index (κ3) is 5.94. The molecule has 2 aromatic rings. The Labute approximate surface area is 213 Å². The highest BCUT2D eigenvalue weighted by Crippen LogP contribution is 2.28. The minimum atomic E-state index is -3.72. The summed E-state index contributed by atoms with van der Waals surface area (Å²) in [6.45, 7) is 7.96. The standard InChI is InChI=1S/C27H33N5O3S/c1-26(2,3)17-22(29-24-21-11-7-8-12-23(21)36(34,35)31-24)25(33)30-27(18-28)14-16-32(19-27)15-13-20-9-5-4-6-10-20/h4-12,22H,13-17,19H2,1-3H3,(H,29,31)(H,30,33). The van der Waals surface area contributed by atoms with Crippen LogP contribution in [0.5, 0.6) is 0 Å². The Morgan fingerprint density at radius 1 is 1.19 bits per heavy atom. The lowest BCUT2D eigenvalue weighted by molar-refractivity contribution is -0.124. The van der Waals surface area contributed by atoms with Crippen LogP contribution in [0, 0.1) is 16.7 Å². The van der Waals surface area contributed by atoms with Gasteiger partial charge in [-0.05, 0) is 42.4 Å². The second-order valence-electron chi connectivity index (χ2n) is 10.8. The average Bonchev–Trinajstić information content (AvgIpc) is 3.35. The molecule has 2 aliphatic heterocycles. The molecule has 2 N–H and O–H groups in total. The van der Waals surface area contributed by atoms with Gasteiger partial charge < -0.3 is 5.32 Å². The fourth-order valence-electron chi connectivity index (χ4n) is 4.71. The molecule has 190 valence electrons. The van der Waals surface area contributed by atoms with Gasteiger partial charge in [0.25, 0.3) is 10.0 Å². The van der Waals surface area contributed by atoms with Crippen molar-refractivity contribution in [1.82, 2.24) is 14.9 Å². The molecule has 2 aromatic carbocycles. The lowest BCUT2D eigenvalue weighted by atomic mass is 9.87. The number of amides is 1. The molecule has 8 nitrogen and oxygen atoms in total. The molecule has 2 aliphatic rings. The molecule has 1 amide bonds. The van der Waals surface area contributed by atoms with Gasteiger partial charge in [0.05, 0.1) is 11.0 Å². The van der Waals surface area contributed by atoms with Crippen LogP contribution in [-0.4, -0.2) is 56.3 Å². The highest BCUT2D eigenvalue weighted by Gasteiger charge is 2.42. The fourth-order valence-corrected chi connectivity index (χ4v) is 5.95. The number of likely N-dealkylation sites (tertiary alicyclic amines) is 1. The first kappa shape index (κ1) is 25.9. The molecule has 0 aromatic heterocycles. The zero-order chi connectivity index (χ0) is 26.0. The normalized spacial score (nSPS) is 23.0. The lowest BCUT2D eigenvalue weighted by Gasteiger charge is -2.28. The van der Waals surface area contributed by atoms with E-state index in [1.165, 1.54) is 11.6 Å². The largest absolute Gasteiger partial charge is 0.335 e. The van der Waals surface area contributed by atoms with Gasteiger partial charge in [0.1, 0.15) is 17.4 Å². The van der Waals surface area contributed by atoms with Crippen LogP contribution in [0.4, 0.5) is 0 Å². The van der Waals surface area contributed by atoms with Crippen molar-refractivity contribution in [2.75, 3.05) is 19.6 Å². The predicted octanol–water partition coefficient (Wildman–Crippen LogP) is 2.86. The number of nitrogens with one attached hydrogen (secondary N) is 2. The predicted molar refractivity (Wildman–Crippen MR) is 139 cm³/mol. The summed E-state index contributed by atoms with van der Waals surface area (Å²) >= 11 is 0. The van der Waals surface area contributed by atoms with E-state index in [2.05, 4.69) is 38.1 Å². The molecule has 0 bridgehead atoms. The third-order valence-electron chi connectivity index (χ3n) is 6.54. The Kier molecular flexibility index (Phi) is 7.21. The van der Waals surface area contributed by atoms with Crippen LogP contribution in [0.3, 0.4) is 0 Å². The molecule has 1 saturated heterocycles. The molecule has 2 atom stereocenters. The van der Waals surface area contributed by atoms with Gasteiger partial charge in [0.15, 0.2) is 0 Å². The smallest absolute Gasteiger partial charge is 0.263 e. The van der Waals surface area contributed by atoms with Crippen LogP contribution in [0.2, 0.25) is 0 Å². The van der Waals surface area contributed by atoms with Crippen molar-refractivity contribution < 1.29 is 13.2 Å². The molecule has 4 rings (SSSR count). The van der Waals surface area contributed by atoms with Crippen molar-refractivity contribution in [3.63, 3.8) is 0 Å². The van der Waals surface area contributed by atoms with Gasteiger partial charge in [-0.3, -0.25) is 19.4 Å². The van der Waals surface area contributed by atoms with Gasteiger partial charge in [0, 0.05) is 25.2 Å². The van der Waals surface area contributed by atoms with Gasteiger partial charge in [-0.2, -0.15) is 5.26 Å². The number of rotatable bonds is 7. The van der Waals surface area contributed by atoms with Crippen molar-refractivity contribution in [2.24, 2.45) is 10.4 Å². The van der Waals surface area contributed by atoms with E-state index in [0.29, 0.717) is 31.5 Å². The first-order valence-electron chi connectivity index (χ1n) is 12.2. The molecule has 0 aliphatic carbocycles. The van der Waals surface area contributed by atoms with Gasteiger partial charge in [-0.15, -0.1) is 0 Å². The summed E-state index contributed by atoms with van der Waals surface area (Å²) in [5.41, 5.74) is 0.431. The van der Waals surface area contributed by atoms with Crippen molar-refractivity contribution in [3.8, 4) is 6.07 Å². The minimum absolute atomic E-state index is 0.150. The zero-order valence-corrected chi connectivity index (χ0v) is 21.8. The fraction of sp³-hybridized carbons (Fsp3) is 0.444. The van der Waals surface area contributed by atoms with Crippen LogP contribution in [0.1, 0.15) is 44.7 Å². The van der Waals surface area contributed by atoms with Crippen molar-refractivity contribution >= 4 is 21.8 Å². The summed E-state index contributed by atoms with van der Waals surface area (Å²) < 4.78 is 27.6. The van der Waals surface area contributed by atoms with Gasteiger partial charge >= 0.3 is 0 Å². The number of hydrogen-bond donors (Lipinski definition) is 2. The highest BCUT2D eigenvalue weighted by atomic mass is 32.2. The number of carbonyl (C=O) groups excluding carboxylic acids is 1. The van der Waals surface area contributed by atoms with Gasteiger partial charge in [0.2, 0.25) is 5.91 Å². The average molecular weight is 508 g/mol. The second-order valence-corrected chi connectivity index (χ2v) is 12.5. The number of fused-ring (bicyclic) bond motifs is 1. The Morgan fingerprint density at radius 2 is 1.89 bits per heavy atom. The first-order chi connectivity index (χ1) is 17.0. The quantitative estimate of drug-likeness (QED) is 0.598. The molecule has 2 unspecified atom stereocenters. The van der Waals surface area contributed by atoms with Crippen LogP contribution >= 0.6 is 0 Å². The SMILES string of the molecule is CC(C)(C)CC(N=C1NS(=O)(=O)c2ccccc21)C(=O)NC1(C#N)CCN(CCc2ccccc2)C1. The van der Waals surface area contributed by atoms with E-state index in [1.807, 2.05) is 39.0 Å². The summed E-state index contributed by atoms with van der Waals surface area (Å²) in [5.74, 6) is -0.204. The summed E-state index contributed by atoms with van der Waals surface area (Å²) in [6.07, 6.45) is 1.79. The maximum absolute atomic E-state index is 13.5. The third-order valence-corrected chi connectivity index (χ3v) is 7.94. The monoisotopic (exact) mass is 507 g/mol. The Balaban J connectivity index is 1.51. The first-order valence-corrected chi connectivity index (χ1v) is 13.7. The maximum Gasteiger partial charge on any atom is 0.263 e. The van der Waals surface area contributed by atoms with Crippen molar-refractivity contribution in [3.05, 3.63) is 65.7 Å². The summed E-state index contributed by atoms with van der Waals surface area (Å²) in [4.78, 5) is 20.5. The summed E-state index contributed by atoms with van der Waals surface area (Å²) in [7, 11) is -3.72. The topological polar surface area (TPSA) is 115 Å². The van der Waals surface area contributed by atoms with E-state index in [9.17, 15) is 18.5 Å². The number of nitrogens with zero attached hydrogens (tertiary/aromatic N) is 3. The number of sulfonamides is 1. The molecule has 2 heterocycles. The number of nitriles is 1. The molecule has 0 spiro atoms. The summed E-state index contributed by atoms with van der Waals surface area (Å²) in [5, 5.41) is 13.0. The Bertz CT molecular complexity index is 1290. The van der Waals surface area contributed by atoms with Crippen LogP contribution < -0.4 is 10.0 Å². The van der Waals surface area contributed by atoms with E-state index in [0.717, 1.165) is 13.0 Å². The molecule has 9 heteroatoms. The highest BCUT2D eigenvalue weighted by molar-refractivity contribution is 7.90. The second kappa shape index (κ2) is 10.0. The van der Waals surface area contributed by atoms with Crippen LogP contribution in [-0.2, 0) is 21.2 Å². The van der Waals surface area contributed by atoms with Gasteiger partial charge in [-0.1, -0.05) is 63.2 Å². The Morgan fingerprint density at radius 3 is 2.58 bits per heavy atom. The summed E-state index contributed by atoms with van der Waals surface area (Å²) in [6, 6.07) is 18.3. The number of benzene rings is 2. The molecule has 0 radical (unpaired) electrons. The van der Waals surface area contributed by atoms with E-state index in [-0.39, 0.29) is 22.1 Å². The molecular formula is C27H33N5O3S. The molecule has 36 heavy (non-hydrogen) atoms. The zero-order valence-electron chi connectivity index (χ0n) is 21.0. The Hall–Kier alpha value is -3.22. The number of aliphatic imine (C=N–C) groups is 1. The van der Waals surface area contributed by atoms with Gasteiger partial charge in [-0.25, -0.2) is 8.42 Å². The number of hydrogen-bond acceptors (Lipinski definition) is 6. The number of amidine groups is 1. The molecule has 1 fully saturated rings. The maximum atomic E-state index is 13.5. The lowest BCUT2D eigenvalue weighted by Crippen LogP contribution is -2.53. The molecular weight excluding hydrogens is 474 g/mol. The van der Waals surface area contributed by atoms with Crippen molar-refractivity contribution in [1.29, 1.82) is 5.26 Å². The molecule has 0 saturated carbocycles. The minimum Gasteiger partial charge on any atom is -0.335 e. The van der Waals surface area contributed by atoms with Crippen LogP contribution in [0.25, 0.3) is 0 Å².